The molecule has 2 amide bonds. The Kier molecular flexibility index (Phi) is 3.26. The standard InChI is InChI=1S/C18H16N2O3/c21-16-9-11(10-19-16)20-18(22)17-12-5-1-3-7-14(12)23-15-8-4-2-6-13(15)17/h1-8,11,17H,9-10H2,(H,19,21)(H,20,22)/t11-/m1/s1. The van der Waals surface area contributed by atoms with Gasteiger partial charge in [0.15, 0.2) is 0 Å². The van der Waals surface area contributed by atoms with Gasteiger partial charge in [0.2, 0.25) is 11.8 Å². The highest BCUT2D eigenvalue weighted by atomic mass is 16.5. The lowest BCUT2D eigenvalue weighted by Crippen LogP contribution is -2.40. The van der Waals surface area contributed by atoms with Crippen molar-refractivity contribution in [3.05, 3.63) is 59.7 Å². The number of benzene rings is 2. The van der Waals surface area contributed by atoms with Crippen LogP contribution in [-0.2, 0) is 9.59 Å². The number of fused-ring (bicyclic) bond motifs is 2. The van der Waals surface area contributed by atoms with Gasteiger partial charge in [0, 0.05) is 24.1 Å². The summed E-state index contributed by atoms with van der Waals surface area (Å²) in [6.07, 6.45) is 0.332. The fourth-order valence-electron chi connectivity index (χ4n) is 3.18. The van der Waals surface area contributed by atoms with Crippen molar-refractivity contribution in [3.8, 4) is 11.5 Å². The number of hydrogen-bond acceptors (Lipinski definition) is 3. The maximum atomic E-state index is 12.9. The van der Waals surface area contributed by atoms with Crippen molar-refractivity contribution >= 4 is 11.8 Å². The Morgan fingerprint density at radius 1 is 1.04 bits per heavy atom. The number of amides is 2. The smallest absolute Gasteiger partial charge is 0.232 e. The molecular weight excluding hydrogens is 292 g/mol. The van der Waals surface area contributed by atoms with Gasteiger partial charge in [-0.1, -0.05) is 36.4 Å². The minimum atomic E-state index is -0.424. The second-order valence-corrected chi connectivity index (χ2v) is 5.82. The van der Waals surface area contributed by atoms with Crippen LogP contribution in [0.2, 0.25) is 0 Å². The van der Waals surface area contributed by atoms with Crippen molar-refractivity contribution in [2.45, 2.75) is 18.4 Å². The Labute approximate surface area is 133 Å². The van der Waals surface area contributed by atoms with Crippen molar-refractivity contribution in [1.29, 1.82) is 0 Å². The van der Waals surface area contributed by atoms with Gasteiger partial charge in [0.05, 0.1) is 12.0 Å². The van der Waals surface area contributed by atoms with Gasteiger partial charge in [-0.15, -0.1) is 0 Å². The van der Waals surface area contributed by atoms with E-state index in [9.17, 15) is 9.59 Å². The summed E-state index contributed by atoms with van der Waals surface area (Å²) < 4.78 is 5.90. The first-order chi connectivity index (χ1) is 11.2. The molecule has 1 saturated heterocycles. The van der Waals surface area contributed by atoms with Crippen LogP contribution in [0.4, 0.5) is 0 Å². The third-order valence-corrected chi connectivity index (χ3v) is 4.27. The molecule has 0 unspecified atom stereocenters. The summed E-state index contributed by atoms with van der Waals surface area (Å²) in [5.74, 6) is 0.851. The Hall–Kier alpha value is -2.82. The molecule has 0 radical (unpaired) electrons. The van der Waals surface area contributed by atoms with Crippen LogP contribution in [0.3, 0.4) is 0 Å². The first kappa shape index (κ1) is 13.8. The second-order valence-electron chi connectivity index (χ2n) is 5.82. The number of ether oxygens (including phenoxy) is 1. The zero-order valence-corrected chi connectivity index (χ0v) is 12.4. The molecule has 1 fully saturated rings. The Morgan fingerprint density at radius 2 is 1.65 bits per heavy atom. The molecule has 5 heteroatoms. The van der Waals surface area contributed by atoms with Crippen LogP contribution in [0, 0.1) is 0 Å². The summed E-state index contributed by atoms with van der Waals surface area (Å²) in [4.78, 5) is 24.2. The van der Waals surface area contributed by atoms with Crippen molar-refractivity contribution in [2.24, 2.45) is 0 Å². The van der Waals surface area contributed by atoms with E-state index in [1.165, 1.54) is 0 Å². The lowest BCUT2D eigenvalue weighted by Gasteiger charge is -2.28. The summed E-state index contributed by atoms with van der Waals surface area (Å²) in [5.41, 5.74) is 1.70. The third-order valence-electron chi connectivity index (χ3n) is 4.27. The molecule has 23 heavy (non-hydrogen) atoms. The van der Waals surface area contributed by atoms with Crippen LogP contribution < -0.4 is 15.4 Å². The molecule has 1 atom stereocenters. The van der Waals surface area contributed by atoms with Gasteiger partial charge in [-0.2, -0.15) is 0 Å². The largest absolute Gasteiger partial charge is 0.457 e. The maximum absolute atomic E-state index is 12.9. The van der Waals surface area contributed by atoms with Crippen LogP contribution >= 0.6 is 0 Å². The highest BCUT2D eigenvalue weighted by Crippen LogP contribution is 2.43. The number of nitrogens with one attached hydrogen (secondary N) is 2. The summed E-state index contributed by atoms with van der Waals surface area (Å²) in [6, 6.07) is 15.0. The van der Waals surface area contributed by atoms with E-state index in [0.29, 0.717) is 24.5 Å². The van der Waals surface area contributed by atoms with E-state index in [2.05, 4.69) is 10.6 Å². The molecule has 0 spiro atoms. The van der Waals surface area contributed by atoms with Gasteiger partial charge in [-0.3, -0.25) is 9.59 Å². The lowest BCUT2D eigenvalue weighted by molar-refractivity contribution is -0.122. The molecule has 2 aliphatic rings. The average molecular weight is 308 g/mol. The van der Waals surface area contributed by atoms with Crippen LogP contribution in [0.25, 0.3) is 0 Å². The van der Waals surface area contributed by atoms with Crippen molar-refractivity contribution < 1.29 is 14.3 Å². The molecule has 0 aromatic heterocycles. The van der Waals surface area contributed by atoms with E-state index in [1.807, 2.05) is 48.5 Å². The predicted molar refractivity (Wildman–Crippen MR) is 84.4 cm³/mol. The van der Waals surface area contributed by atoms with Crippen LogP contribution in [0.5, 0.6) is 11.5 Å². The van der Waals surface area contributed by atoms with Crippen molar-refractivity contribution in [2.75, 3.05) is 6.54 Å². The minimum absolute atomic E-state index is 0.0249. The van der Waals surface area contributed by atoms with Gasteiger partial charge in [-0.05, 0) is 12.1 Å². The number of carbonyl (C=O) groups is 2. The number of hydrogen-bond donors (Lipinski definition) is 2. The van der Waals surface area contributed by atoms with E-state index < -0.39 is 5.92 Å². The normalized spacial score (nSPS) is 19.3. The molecule has 2 N–H and O–H groups in total. The topological polar surface area (TPSA) is 67.4 Å². The summed E-state index contributed by atoms with van der Waals surface area (Å²) in [6.45, 7) is 0.483. The molecular formula is C18H16N2O3. The van der Waals surface area contributed by atoms with Crippen LogP contribution in [0.15, 0.2) is 48.5 Å². The quantitative estimate of drug-likeness (QED) is 0.891. The molecule has 2 aromatic carbocycles. The fourth-order valence-corrected chi connectivity index (χ4v) is 3.18. The highest BCUT2D eigenvalue weighted by molar-refractivity contribution is 5.90. The Morgan fingerprint density at radius 3 is 2.22 bits per heavy atom. The number of carbonyl (C=O) groups excluding carboxylic acids is 2. The summed E-state index contributed by atoms with van der Waals surface area (Å²) in [5, 5.41) is 5.72. The fraction of sp³-hybridized carbons (Fsp3) is 0.222. The Bertz CT molecular complexity index is 742. The SMILES string of the molecule is O=C1C[C@@H](NC(=O)C2c3ccccc3Oc3ccccc32)CN1. The molecule has 0 bridgehead atoms. The van der Waals surface area contributed by atoms with Gasteiger partial charge in [-0.25, -0.2) is 0 Å². The summed E-state index contributed by atoms with van der Waals surface area (Å²) >= 11 is 0. The molecule has 5 nitrogen and oxygen atoms in total. The van der Waals surface area contributed by atoms with Gasteiger partial charge in [0.1, 0.15) is 11.5 Å². The van der Waals surface area contributed by atoms with Gasteiger partial charge >= 0.3 is 0 Å². The number of para-hydroxylation sites is 2. The third kappa shape index (κ3) is 2.44. The zero-order chi connectivity index (χ0) is 15.8. The second kappa shape index (κ2) is 5.43. The van der Waals surface area contributed by atoms with Gasteiger partial charge in [0.25, 0.3) is 0 Å². The van der Waals surface area contributed by atoms with Crippen molar-refractivity contribution in [1.82, 2.24) is 10.6 Å². The van der Waals surface area contributed by atoms with Gasteiger partial charge < -0.3 is 15.4 Å². The number of rotatable bonds is 2. The monoisotopic (exact) mass is 308 g/mol. The lowest BCUT2D eigenvalue weighted by atomic mass is 9.87. The first-order valence-electron chi connectivity index (χ1n) is 7.65. The van der Waals surface area contributed by atoms with E-state index in [4.69, 9.17) is 4.74 Å². The van der Waals surface area contributed by atoms with E-state index in [1.54, 1.807) is 0 Å². The molecule has 4 rings (SSSR count). The van der Waals surface area contributed by atoms with E-state index >= 15 is 0 Å². The minimum Gasteiger partial charge on any atom is -0.457 e. The molecule has 2 heterocycles. The Balaban J connectivity index is 1.69. The predicted octanol–water partition coefficient (Wildman–Crippen LogP) is 1.93. The zero-order valence-electron chi connectivity index (χ0n) is 12.4. The highest BCUT2D eigenvalue weighted by Gasteiger charge is 2.34. The molecule has 2 aliphatic heterocycles. The molecule has 0 saturated carbocycles. The van der Waals surface area contributed by atoms with Crippen LogP contribution in [0.1, 0.15) is 23.5 Å². The van der Waals surface area contributed by atoms with Crippen LogP contribution in [-0.4, -0.2) is 24.4 Å². The summed E-state index contributed by atoms with van der Waals surface area (Å²) in [7, 11) is 0. The van der Waals surface area contributed by atoms with Crippen molar-refractivity contribution in [3.63, 3.8) is 0 Å². The van der Waals surface area contributed by atoms with E-state index in [-0.39, 0.29) is 17.9 Å². The first-order valence-corrected chi connectivity index (χ1v) is 7.65. The molecule has 0 aliphatic carbocycles. The maximum Gasteiger partial charge on any atom is 0.232 e. The molecule has 116 valence electrons. The average Bonchev–Trinajstić information content (AvgIpc) is 2.97. The molecule has 2 aromatic rings. The van der Waals surface area contributed by atoms with E-state index in [0.717, 1.165) is 11.1 Å².